The molecule has 0 unspecified atom stereocenters. The molecule has 0 radical (unpaired) electrons. The van der Waals surface area contributed by atoms with Crippen LogP contribution in [0.15, 0.2) is 16.6 Å². The van der Waals surface area contributed by atoms with E-state index in [1.807, 2.05) is 12.1 Å². The Labute approximate surface area is 150 Å². The van der Waals surface area contributed by atoms with Crippen molar-refractivity contribution in [1.82, 2.24) is 10.2 Å². The highest BCUT2D eigenvalue weighted by molar-refractivity contribution is 9.10. The summed E-state index contributed by atoms with van der Waals surface area (Å²) in [5.41, 5.74) is 0.791. The van der Waals surface area contributed by atoms with Crippen LogP contribution in [0.25, 0.3) is 0 Å². The quantitative estimate of drug-likeness (QED) is 0.771. The van der Waals surface area contributed by atoms with Crippen LogP contribution in [0.4, 0.5) is 8.78 Å². The van der Waals surface area contributed by atoms with Gasteiger partial charge in [0.05, 0.1) is 14.2 Å². The third kappa shape index (κ3) is 5.17. The molecular formula is C15H22BrClF2N2O2. The van der Waals surface area contributed by atoms with E-state index in [9.17, 15) is 8.78 Å². The van der Waals surface area contributed by atoms with Crippen LogP contribution in [0.2, 0.25) is 0 Å². The van der Waals surface area contributed by atoms with Crippen molar-refractivity contribution in [2.75, 3.05) is 40.4 Å². The van der Waals surface area contributed by atoms with Crippen molar-refractivity contribution in [3.63, 3.8) is 0 Å². The van der Waals surface area contributed by atoms with Crippen LogP contribution in [0, 0.1) is 0 Å². The van der Waals surface area contributed by atoms with E-state index >= 15 is 0 Å². The number of nitrogens with one attached hydrogen (secondary N) is 1. The summed E-state index contributed by atoms with van der Waals surface area (Å²) in [6.07, 6.45) is -2.56. The van der Waals surface area contributed by atoms with Gasteiger partial charge in [0.25, 0.3) is 0 Å². The fraction of sp³-hybridized carbons (Fsp3) is 0.600. The Morgan fingerprint density at radius 1 is 1.17 bits per heavy atom. The topological polar surface area (TPSA) is 33.7 Å². The van der Waals surface area contributed by atoms with Gasteiger partial charge >= 0.3 is 0 Å². The summed E-state index contributed by atoms with van der Waals surface area (Å²) < 4.78 is 37.5. The number of alkyl halides is 2. The number of methoxy groups -OCH3 is 2. The number of rotatable bonds is 6. The van der Waals surface area contributed by atoms with Gasteiger partial charge in [-0.25, -0.2) is 8.78 Å². The lowest BCUT2D eigenvalue weighted by Gasteiger charge is -2.35. The lowest BCUT2D eigenvalue weighted by Crippen LogP contribution is -2.45. The van der Waals surface area contributed by atoms with E-state index in [-0.39, 0.29) is 24.9 Å². The Kier molecular flexibility index (Phi) is 8.53. The monoisotopic (exact) mass is 414 g/mol. The number of halogens is 4. The average Bonchev–Trinajstić information content (AvgIpc) is 2.53. The summed E-state index contributed by atoms with van der Waals surface area (Å²) in [6, 6.07) is 3.27. The molecule has 0 spiro atoms. The maximum absolute atomic E-state index is 13.1. The smallest absolute Gasteiger partial charge is 0.240 e. The molecule has 1 N–H and O–H groups in total. The van der Waals surface area contributed by atoms with Gasteiger partial charge in [-0.2, -0.15) is 0 Å². The first-order chi connectivity index (χ1) is 10.6. The minimum Gasteiger partial charge on any atom is -0.495 e. The summed E-state index contributed by atoms with van der Waals surface area (Å²) in [4.78, 5) is 2.09. The molecule has 1 aromatic rings. The van der Waals surface area contributed by atoms with Gasteiger partial charge in [-0.3, -0.25) is 4.90 Å². The van der Waals surface area contributed by atoms with Crippen molar-refractivity contribution in [3.8, 4) is 11.5 Å². The molecule has 4 nitrogen and oxygen atoms in total. The molecule has 0 saturated carbocycles. The molecule has 0 bridgehead atoms. The molecule has 8 heteroatoms. The Balaban J connectivity index is 0.00000264. The zero-order valence-electron chi connectivity index (χ0n) is 13.2. The van der Waals surface area contributed by atoms with E-state index in [0.717, 1.165) is 31.7 Å². The Bertz CT molecular complexity index is 477. The summed E-state index contributed by atoms with van der Waals surface area (Å²) in [5.74, 6) is 1.17. The molecule has 1 atom stereocenters. The Morgan fingerprint density at radius 3 is 2.13 bits per heavy atom. The second kappa shape index (κ2) is 9.61. The van der Waals surface area contributed by atoms with Crippen molar-refractivity contribution < 1.29 is 18.3 Å². The second-order valence-corrected chi connectivity index (χ2v) is 5.96. The Morgan fingerprint density at radius 2 is 1.70 bits per heavy atom. The maximum Gasteiger partial charge on any atom is 0.240 e. The number of hydrogen-bond donors (Lipinski definition) is 1. The molecule has 1 heterocycles. The van der Waals surface area contributed by atoms with Gasteiger partial charge in [0, 0.05) is 38.6 Å². The minimum atomic E-state index is -2.36. The standard InChI is InChI=1S/C15H21BrF2N2O2.ClH/c1-21-12-7-10(8-13(22-2)15(12)16)11(9-14(17)18)20-5-3-19-4-6-20;/h7-8,11,14,19H,3-6,9H2,1-2H3;1H/t11-;/m0./s1. The molecule has 1 aliphatic heterocycles. The first kappa shape index (κ1) is 20.4. The van der Waals surface area contributed by atoms with E-state index in [2.05, 4.69) is 26.1 Å². The van der Waals surface area contributed by atoms with E-state index in [4.69, 9.17) is 9.47 Å². The molecule has 23 heavy (non-hydrogen) atoms. The zero-order valence-corrected chi connectivity index (χ0v) is 15.6. The number of hydrogen-bond acceptors (Lipinski definition) is 4. The third-order valence-electron chi connectivity index (χ3n) is 3.85. The van der Waals surface area contributed by atoms with Crippen molar-refractivity contribution in [1.29, 1.82) is 0 Å². The molecule has 0 aromatic heterocycles. The predicted molar refractivity (Wildman–Crippen MR) is 92.3 cm³/mol. The Hall–Kier alpha value is -0.630. The average molecular weight is 416 g/mol. The summed E-state index contributed by atoms with van der Waals surface area (Å²) in [5, 5.41) is 3.24. The van der Waals surface area contributed by atoms with Gasteiger partial charge in [-0.05, 0) is 33.6 Å². The highest BCUT2D eigenvalue weighted by Gasteiger charge is 2.27. The molecule has 132 valence electrons. The van der Waals surface area contributed by atoms with Crippen LogP contribution in [0.1, 0.15) is 18.0 Å². The van der Waals surface area contributed by atoms with Crippen LogP contribution < -0.4 is 14.8 Å². The normalized spacial score (nSPS) is 16.8. The van der Waals surface area contributed by atoms with E-state index in [0.29, 0.717) is 16.0 Å². The van der Waals surface area contributed by atoms with E-state index in [1.54, 1.807) is 14.2 Å². The number of benzene rings is 1. The van der Waals surface area contributed by atoms with Gasteiger partial charge < -0.3 is 14.8 Å². The molecule has 2 rings (SSSR count). The highest BCUT2D eigenvalue weighted by Crippen LogP contribution is 2.39. The molecule has 1 aromatic carbocycles. The zero-order chi connectivity index (χ0) is 16.1. The van der Waals surface area contributed by atoms with E-state index in [1.165, 1.54) is 0 Å². The van der Waals surface area contributed by atoms with Crippen LogP contribution in [0.3, 0.4) is 0 Å². The number of ether oxygens (including phenoxy) is 2. The van der Waals surface area contributed by atoms with Gasteiger partial charge in [0.15, 0.2) is 0 Å². The minimum absolute atomic E-state index is 0. The van der Waals surface area contributed by atoms with Crippen LogP contribution in [-0.4, -0.2) is 51.7 Å². The summed E-state index contributed by atoms with van der Waals surface area (Å²) in [6.45, 7) is 3.12. The molecular weight excluding hydrogens is 394 g/mol. The molecule has 1 saturated heterocycles. The van der Waals surface area contributed by atoms with Gasteiger partial charge in [0.1, 0.15) is 16.0 Å². The van der Waals surface area contributed by atoms with Crippen LogP contribution >= 0.6 is 28.3 Å². The largest absolute Gasteiger partial charge is 0.495 e. The van der Waals surface area contributed by atoms with Crippen molar-refractivity contribution in [2.24, 2.45) is 0 Å². The molecule has 1 fully saturated rings. The highest BCUT2D eigenvalue weighted by atomic mass is 79.9. The lowest BCUT2D eigenvalue weighted by molar-refractivity contribution is 0.0737. The first-order valence-corrected chi connectivity index (χ1v) is 8.00. The SMILES string of the molecule is COc1cc([C@H](CC(F)F)N2CCNCC2)cc(OC)c1Br.Cl. The number of piperazine rings is 1. The van der Waals surface area contributed by atoms with Crippen LogP contribution in [0.5, 0.6) is 11.5 Å². The van der Waals surface area contributed by atoms with Gasteiger partial charge in [-0.15, -0.1) is 12.4 Å². The molecule has 0 amide bonds. The second-order valence-electron chi connectivity index (χ2n) is 5.17. The number of nitrogens with zero attached hydrogens (tertiary/aromatic N) is 1. The summed E-state index contributed by atoms with van der Waals surface area (Å²) >= 11 is 3.41. The van der Waals surface area contributed by atoms with E-state index < -0.39 is 6.43 Å². The van der Waals surface area contributed by atoms with Gasteiger partial charge in [0.2, 0.25) is 6.43 Å². The fourth-order valence-electron chi connectivity index (χ4n) is 2.74. The van der Waals surface area contributed by atoms with Crippen molar-refractivity contribution in [3.05, 3.63) is 22.2 Å². The fourth-order valence-corrected chi connectivity index (χ4v) is 3.29. The predicted octanol–water partition coefficient (Wildman–Crippen LogP) is 3.49. The third-order valence-corrected chi connectivity index (χ3v) is 4.63. The van der Waals surface area contributed by atoms with Crippen molar-refractivity contribution >= 4 is 28.3 Å². The van der Waals surface area contributed by atoms with Crippen LogP contribution in [-0.2, 0) is 0 Å². The lowest BCUT2D eigenvalue weighted by atomic mass is 10.0. The maximum atomic E-state index is 13.1. The van der Waals surface area contributed by atoms with Crippen molar-refractivity contribution in [2.45, 2.75) is 18.9 Å². The molecule has 0 aliphatic carbocycles. The first-order valence-electron chi connectivity index (χ1n) is 7.21. The molecule has 1 aliphatic rings. The summed E-state index contributed by atoms with van der Waals surface area (Å²) in [7, 11) is 3.10. The van der Waals surface area contributed by atoms with Gasteiger partial charge in [-0.1, -0.05) is 0 Å².